The molecule has 3 N–H and O–H groups in total. The highest BCUT2D eigenvalue weighted by atomic mass is 32.2. The number of carbonyl (C=O) groups is 5. The number of nitrogens with one attached hydrogen (secondary N) is 1. The number of aliphatic hydroxyl groups is 2. The second kappa shape index (κ2) is 14.8. The summed E-state index contributed by atoms with van der Waals surface area (Å²) in [6.07, 6.45) is -5.13. The van der Waals surface area contributed by atoms with Gasteiger partial charge in [-0.15, -0.1) is 0 Å². The molecule has 1 amide bonds. The van der Waals surface area contributed by atoms with Crippen LogP contribution in [0.5, 0.6) is 0 Å². The molecule has 55 heavy (non-hydrogen) atoms. The van der Waals surface area contributed by atoms with Crippen LogP contribution in [-0.4, -0.2) is 86.6 Å². The Morgan fingerprint density at radius 3 is 2.31 bits per heavy atom. The third-order valence-electron chi connectivity index (χ3n) is 12.0. The van der Waals surface area contributed by atoms with Gasteiger partial charge in [-0.2, -0.15) is 0 Å². The second-order valence-corrected chi connectivity index (χ2v) is 18.7. The van der Waals surface area contributed by atoms with Crippen LogP contribution >= 0.6 is 11.8 Å². The van der Waals surface area contributed by atoms with Crippen LogP contribution in [-0.2, 0) is 33.3 Å². The first-order valence-corrected chi connectivity index (χ1v) is 19.4. The highest BCUT2D eigenvalue weighted by molar-refractivity contribution is 8.14. The van der Waals surface area contributed by atoms with Crippen LogP contribution in [0.4, 0.5) is 4.79 Å². The monoisotopic (exact) mass is 781 g/mol. The van der Waals surface area contributed by atoms with Crippen LogP contribution in [0, 0.1) is 22.7 Å². The second-order valence-electron chi connectivity index (χ2n) is 16.9. The van der Waals surface area contributed by atoms with Gasteiger partial charge in [0.05, 0.1) is 48.5 Å². The molecule has 3 fully saturated rings. The van der Waals surface area contributed by atoms with Gasteiger partial charge in [-0.25, -0.2) is 4.79 Å². The van der Waals surface area contributed by atoms with E-state index in [9.17, 15) is 29.4 Å². The number of esters is 3. The lowest BCUT2D eigenvalue weighted by Gasteiger charge is -2.64. The van der Waals surface area contributed by atoms with Gasteiger partial charge in [0, 0.05) is 41.8 Å². The van der Waals surface area contributed by atoms with E-state index in [1.54, 1.807) is 70.2 Å². The fourth-order valence-corrected chi connectivity index (χ4v) is 9.86. The van der Waals surface area contributed by atoms with Crippen LogP contribution in [0.15, 0.2) is 64.3 Å². The number of hydrogen-bond acceptors (Lipinski definition) is 13. The van der Waals surface area contributed by atoms with Gasteiger partial charge in [-0.1, -0.05) is 64.6 Å². The quantitative estimate of drug-likeness (QED) is 0.174. The summed E-state index contributed by atoms with van der Waals surface area (Å²) in [6.45, 7) is 13.6. The van der Waals surface area contributed by atoms with Crippen molar-refractivity contribution in [3.8, 4) is 0 Å². The number of fused-ring (bicyclic) bond motifs is 5. The van der Waals surface area contributed by atoms with Crippen LogP contribution < -0.4 is 5.32 Å². The molecule has 0 spiro atoms. The van der Waals surface area contributed by atoms with Crippen LogP contribution in [0.3, 0.4) is 0 Å². The number of aliphatic hydroxyl groups excluding tert-OH is 1. The summed E-state index contributed by atoms with van der Waals surface area (Å²) in [7, 11) is 0. The standard InChI is InChI=1S/C41H51NO12S/c1-21-28(53-30(45)17-25(26-15-12-16-50-26)42-37(48)55-38(3,4)5)19-41(49)35(54-36(47)23-13-10-9-11-14-23)32-24-20-51-27(24)18-29(44)40(32,8)34(46)33(52-22(2)43)31(21)39(41,6)7/h9-16,24-25,27-29,32-33,35,44,49H,17-20H2,1-8H3,(H,42,48)/t24?,25-,27-,28+,29+,32?,33-,35?,40-,41-/m1/s1. The first-order chi connectivity index (χ1) is 25.7. The molecular formula is C41H51NO12S. The van der Waals surface area contributed by atoms with Crippen LogP contribution in [0.1, 0.15) is 96.8 Å². The van der Waals surface area contributed by atoms with E-state index in [4.69, 9.17) is 23.4 Å². The summed E-state index contributed by atoms with van der Waals surface area (Å²) in [5.74, 6) is -4.03. The van der Waals surface area contributed by atoms with Crippen molar-refractivity contribution < 1.29 is 57.6 Å². The van der Waals surface area contributed by atoms with E-state index >= 15 is 4.79 Å². The molecule has 1 aromatic carbocycles. The Hall–Kier alpha value is -3.98. The minimum atomic E-state index is -2.07. The summed E-state index contributed by atoms with van der Waals surface area (Å²) < 4.78 is 29.4. The number of amides is 1. The molecule has 1 aromatic heterocycles. The Labute approximate surface area is 324 Å². The lowest BCUT2D eigenvalue weighted by atomic mass is 9.46. The molecule has 13 nitrogen and oxygen atoms in total. The van der Waals surface area contributed by atoms with Gasteiger partial charge >= 0.3 is 17.9 Å². The minimum absolute atomic E-state index is 0.108. The molecule has 3 aliphatic carbocycles. The molecule has 2 bridgehead atoms. The Balaban J connectivity index is 1.45. The zero-order valence-corrected chi connectivity index (χ0v) is 33.3. The van der Waals surface area contributed by atoms with Gasteiger partial charge in [0.15, 0.2) is 11.9 Å². The van der Waals surface area contributed by atoms with E-state index in [2.05, 4.69) is 5.32 Å². The fraction of sp³-hybridized carbons (Fsp3) is 0.585. The van der Waals surface area contributed by atoms with Crippen molar-refractivity contribution in [2.75, 3.05) is 6.61 Å². The predicted octanol–water partition coefficient (Wildman–Crippen LogP) is 5.48. The molecule has 1 aliphatic heterocycles. The topological polar surface area (TPSA) is 188 Å². The number of carbonyl (C=O) groups excluding carboxylic acids is 5. The van der Waals surface area contributed by atoms with E-state index in [0.29, 0.717) is 11.3 Å². The maximum absolute atomic E-state index is 15.1. The molecule has 3 unspecified atom stereocenters. The Morgan fingerprint density at radius 1 is 1.04 bits per heavy atom. The van der Waals surface area contributed by atoms with Gasteiger partial charge in [0.2, 0.25) is 0 Å². The van der Waals surface area contributed by atoms with Gasteiger partial charge in [-0.05, 0) is 49.3 Å². The predicted molar refractivity (Wildman–Crippen MR) is 200 cm³/mol. The van der Waals surface area contributed by atoms with Gasteiger partial charge in [-0.3, -0.25) is 19.2 Å². The van der Waals surface area contributed by atoms with Crippen LogP contribution in [0.2, 0.25) is 0 Å². The molecule has 14 heteroatoms. The van der Waals surface area contributed by atoms with Crippen molar-refractivity contribution >= 4 is 40.7 Å². The fourth-order valence-electron chi connectivity index (χ4n) is 9.10. The number of benzene rings is 1. The Kier molecular flexibility index (Phi) is 11.0. The molecule has 2 saturated carbocycles. The number of ketones is 1. The first-order valence-electron chi connectivity index (χ1n) is 18.6. The number of thioether (sulfide) groups is 1. The summed E-state index contributed by atoms with van der Waals surface area (Å²) in [5, 5.41) is 27.7. The van der Waals surface area contributed by atoms with E-state index in [-0.39, 0.29) is 42.2 Å². The van der Waals surface area contributed by atoms with Crippen LogP contribution in [0.25, 0.3) is 0 Å². The lowest BCUT2D eigenvalue weighted by Crippen LogP contribution is -2.75. The van der Waals surface area contributed by atoms with E-state index in [0.717, 1.165) is 11.8 Å². The maximum atomic E-state index is 15.1. The molecule has 10 atom stereocenters. The third kappa shape index (κ3) is 7.38. The Bertz CT molecular complexity index is 1850. The van der Waals surface area contributed by atoms with Crippen molar-refractivity contribution in [3.05, 3.63) is 71.2 Å². The molecule has 6 rings (SSSR count). The average Bonchev–Trinajstić information content (AvgIpc) is 3.63. The summed E-state index contributed by atoms with van der Waals surface area (Å²) in [5.41, 5.74) is -4.44. The number of Topliss-reactive ketones (excluding diaryl/α,β-unsaturated/α-hetero) is 1. The van der Waals surface area contributed by atoms with E-state index in [1.165, 1.54) is 13.2 Å². The van der Waals surface area contributed by atoms with Gasteiger partial charge < -0.3 is 38.9 Å². The smallest absolute Gasteiger partial charge is 0.338 e. The van der Waals surface area contributed by atoms with Crippen molar-refractivity contribution in [2.45, 2.75) is 122 Å². The summed E-state index contributed by atoms with van der Waals surface area (Å²) in [6, 6.07) is 10.6. The number of hydrogen-bond donors (Lipinski definition) is 3. The molecule has 4 aliphatic rings. The zero-order chi connectivity index (χ0) is 40.2. The van der Waals surface area contributed by atoms with Crippen molar-refractivity contribution in [3.63, 3.8) is 0 Å². The maximum Gasteiger partial charge on any atom is 0.338 e. The summed E-state index contributed by atoms with van der Waals surface area (Å²) >= 11 is 1.06. The highest BCUT2D eigenvalue weighted by Gasteiger charge is 2.72. The first kappa shape index (κ1) is 40.7. The van der Waals surface area contributed by atoms with Crippen molar-refractivity contribution in [2.24, 2.45) is 22.7 Å². The van der Waals surface area contributed by atoms with E-state index < -0.39 is 93.3 Å². The van der Waals surface area contributed by atoms with Gasteiger partial charge in [0.1, 0.15) is 23.6 Å². The number of furan rings is 1. The van der Waals surface area contributed by atoms with Crippen molar-refractivity contribution in [1.29, 1.82) is 0 Å². The Morgan fingerprint density at radius 2 is 1.73 bits per heavy atom. The number of rotatable bonds is 8. The largest absolute Gasteiger partial charge is 0.467 e. The SMILES string of the molecule is CC(=O)O[C@H]1C(=O)[C@@]2(C)C(C3CO[C@@H]3C[C@@H]2O)C(OC(=O)c2ccccc2)[C@]2(O)C[C@H](OC(=O)C[C@@H](NC(=O)SC(C)(C)C)c3ccco3)C(C)=C1C2(C)C. The highest BCUT2D eigenvalue weighted by Crippen LogP contribution is 2.62. The molecule has 2 aromatic rings. The molecule has 2 heterocycles. The van der Waals surface area contributed by atoms with Crippen molar-refractivity contribution in [1.82, 2.24) is 5.32 Å². The van der Waals surface area contributed by atoms with E-state index in [1.807, 2.05) is 20.8 Å². The third-order valence-corrected chi connectivity index (χ3v) is 12.9. The summed E-state index contributed by atoms with van der Waals surface area (Å²) in [4.78, 5) is 68.8. The van der Waals surface area contributed by atoms with Gasteiger partial charge in [0.25, 0.3) is 5.24 Å². The normalized spacial score (nSPS) is 33.1. The lowest BCUT2D eigenvalue weighted by molar-refractivity contribution is -0.277. The molecule has 0 radical (unpaired) electrons. The molecule has 298 valence electrons. The zero-order valence-electron chi connectivity index (χ0n) is 32.5. The molecule has 1 saturated heterocycles. The minimum Gasteiger partial charge on any atom is -0.467 e. The number of ether oxygens (including phenoxy) is 4. The molecular weight excluding hydrogens is 731 g/mol. The average molecular weight is 782 g/mol.